The molecule has 0 unspecified atom stereocenters. The van der Waals surface area contributed by atoms with Crippen molar-refractivity contribution < 1.29 is 9.50 Å². The van der Waals surface area contributed by atoms with Crippen molar-refractivity contribution in [3.63, 3.8) is 0 Å². The Balaban J connectivity index is 2.03. The fourth-order valence-electron chi connectivity index (χ4n) is 2.65. The van der Waals surface area contributed by atoms with Crippen LogP contribution in [0.4, 0.5) is 4.39 Å². The van der Waals surface area contributed by atoms with Crippen molar-refractivity contribution in [1.82, 2.24) is 4.57 Å². The molecule has 0 spiro atoms. The Morgan fingerprint density at radius 3 is 2.52 bits per heavy atom. The van der Waals surface area contributed by atoms with E-state index in [0.29, 0.717) is 28.2 Å². The Labute approximate surface area is 127 Å². The minimum absolute atomic E-state index is 0.197. The van der Waals surface area contributed by atoms with Crippen LogP contribution in [0.15, 0.2) is 48.5 Å². The Hall–Kier alpha value is -1.84. The smallest absolute Gasteiger partial charge is 0.147 e. The maximum Gasteiger partial charge on any atom is 0.147 e. The maximum atomic E-state index is 14.1. The molecule has 4 heteroatoms. The van der Waals surface area contributed by atoms with Crippen molar-refractivity contribution in [3.8, 4) is 0 Å². The van der Waals surface area contributed by atoms with Crippen molar-refractivity contribution in [2.45, 2.75) is 19.6 Å². The summed E-state index contributed by atoms with van der Waals surface area (Å²) < 4.78 is 15.9. The lowest BCUT2D eigenvalue weighted by Gasteiger charge is -2.08. The van der Waals surface area contributed by atoms with Crippen LogP contribution in [0.25, 0.3) is 10.9 Å². The van der Waals surface area contributed by atoms with Gasteiger partial charge in [-0.2, -0.15) is 0 Å². The van der Waals surface area contributed by atoms with Crippen LogP contribution in [0.3, 0.4) is 0 Å². The van der Waals surface area contributed by atoms with E-state index in [4.69, 9.17) is 11.6 Å². The first kappa shape index (κ1) is 14.1. The number of nitrogens with zero attached hydrogens (tertiary/aromatic N) is 1. The summed E-state index contributed by atoms with van der Waals surface area (Å²) in [6.07, 6.45) is 0.754. The zero-order valence-corrected chi connectivity index (χ0v) is 12.1. The van der Waals surface area contributed by atoms with Crippen molar-refractivity contribution in [1.29, 1.82) is 0 Å². The summed E-state index contributed by atoms with van der Waals surface area (Å²) in [7, 11) is 0. The van der Waals surface area contributed by atoms with E-state index in [0.717, 1.165) is 12.0 Å². The van der Waals surface area contributed by atoms with Gasteiger partial charge in [0.1, 0.15) is 11.0 Å². The predicted molar refractivity (Wildman–Crippen MR) is 83.0 cm³/mol. The van der Waals surface area contributed by atoms with E-state index in [2.05, 4.69) is 0 Å². The third kappa shape index (κ3) is 2.55. The number of benzene rings is 2. The first-order valence-electron chi connectivity index (χ1n) is 6.82. The second-order valence-corrected chi connectivity index (χ2v) is 5.31. The molecule has 108 valence electrons. The number of hydrogen-bond acceptors (Lipinski definition) is 1. The number of aryl methyl sites for hydroxylation is 2. The summed E-state index contributed by atoms with van der Waals surface area (Å²) in [5.74, 6) is -0.317. The zero-order chi connectivity index (χ0) is 14.8. The number of aromatic nitrogens is 1. The SMILES string of the molecule is OCc1c(Cl)n(CCc2ccccc2)c2c(F)cccc12. The van der Waals surface area contributed by atoms with Gasteiger partial charge in [-0.15, -0.1) is 0 Å². The molecule has 1 aromatic heterocycles. The molecule has 0 amide bonds. The van der Waals surface area contributed by atoms with E-state index >= 15 is 0 Å². The molecule has 0 saturated heterocycles. The van der Waals surface area contributed by atoms with Crippen LogP contribution in [0.5, 0.6) is 0 Å². The van der Waals surface area contributed by atoms with Gasteiger partial charge in [0, 0.05) is 17.5 Å². The number of aliphatic hydroxyl groups is 1. The van der Waals surface area contributed by atoms with Crippen molar-refractivity contribution in [2.24, 2.45) is 0 Å². The molecule has 3 rings (SSSR count). The minimum Gasteiger partial charge on any atom is -0.392 e. The third-order valence-corrected chi connectivity index (χ3v) is 4.13. The standard InChI is InChI=1S/C17H15ClFNO/c18-17-14(11-21)13-7-4-8-15(19)16(13)20(17)10-9-12-5-2-1-3-6-12/h1-8,21H,9-11H2. The third-order valence-electron chi connectivity index (χ3n) is 3.69. The Kier molecular flexibility index (Phi) is 3.95. The number of aliphatic hydroxyl groups excluding tert-OH is 1. The van der Waals surface area contributed by atoms with Gasteiger partial charge in [0.05, 0.1) is 12.1 Å². The minimum atomic E-state index is -0.317. The predicted octanol–water partition coefficient (Wildman–Crippen LogP) is 4.17. The summed E-state index contributed by atoms with van der Waals surface area (Å²) in [5.41, 5.74) is 2.21. The van der Waals surface area contributed by atoms with Gasteiger partial charge in [-0.3, -0.25) is 0 Å². The number of para-hydroxylation sites is 1. The molecule has 2 nitrogen and oxygen atoms in total. The number of hydrogen-bond donors (Lipinski definition) is 1. The van der Waals surface area contributed by atoms with Crippen LogP contribution in [-0.4, -0.2) is 9.67 Å². The lowest BCUT2D eigenvalue weighted by Crippen LogP contribution is -2.02. The van der Waals surface area contributed by atoms with Crippen molar-refractivity contribution >= 4 is 22.5 Å². The van der Waals surface area contributed by atoms with Crippen LogP contribution in [0.2, 0.25) is 5.15 Å². The van der Waals surface area contributed by atoms with E-state index in [1.165, 1.54) is 6.07 Å². The highest BCUT2D eigenvalue weighted by Crippen LogP contribution is 2.32. The zero-order valence-electron chi connectivity index (χ0n) is 11.4. The normalized spacial score (nSPS) is 11.2. The molecule has 0 bridgehead atoms. The monoisotopic (exact) mass is 303 g/mol. The van der Waals surface area contributed by atoms with Crippen LogP contribution in [0.1, 0.15) is 11.1 Å². The van der Waals surface area contributed by atoms with Gasteiger partial charge in [0.15, 0.2) is 0 Å². The highest BCUT2D eigenvalue weighted by molar-refractivity contribution is 6.32. The molecule has 0 radical (unpaired) electrons. The van der Waals surface area contributed by atoms with Crippen LogP contribution in [-0.2, 0) is 19.6 Å². The number of rotatable bonds is 4. The fraction of sp³-hybridized carbons (Fsp3) is 0.176. The molecule has 21 heavy (non-hydrogen) atoms. The highest BCUT2D eigenvalue weighted by Gasteiger charge is 2.17. The molecule has 0 saturated carbocycles. The first-order chi connectivity index (χ1) is 10.2. The van der Waals surface area contributed by atoms with Gasteiger partial charge in [-0.05, 0) is 18.1 Å². The van der Waals surface area contributed by atoms with Crippen LogP contribution in [0, 0.1) is 5.82 Å². The van der Waals surface area contributed by atoms with Gasteiger partial charge in [0.25, 0.3) is 0 Å². The lowest BCUT2D eigenvalue weighted by atomic mass is 10.1. The summed E-state index contributed by atoms with van der Waals surface area (Å²) in [6.45, 7) is 0.372. The first-order valence-corrected chi connectivity index (χ1v) is 7.20. The van der Waals surface area contributed by atoms with E-state index in [1.807, 2.05) is 30.3 Å². The van der Waals surface area contributed by atoms with Gasteiger partial charge < -0.3 is 9.67 Å². The molecule has 0 aliphatic rings. The van der Waals surface area contributed by atoms with Gasteiger partial charge >= 0.3 is 0 Å². The molecule has 1 N–H and O–H groups in total. The van der Waals surface area contributed by atoms with Gasteiger partial charge in [0.2, 0.25) is 0 Å². The molecular weight excluding hydrogens is 289 g/mol. The molecule has 0 aliphatic carbocycles. The van der Waals surface area contributed by atoms with E-state index in [1.54, 1.807) is 16.7 Å². The molecule has 0 fully saturated rings. The van der Waals surface area contributed by atoms with E-state index in [9.17, 15) is 9.50 Å². The summed E-state index contributed by atoms with van der Waals surface area (Å²) >= 11 is 6.33. The highest BCUT2D eigenvalue weighted by atomic mass is 35.5. The Morgan fingerprint density at radius 2 is 1.81 bits per heavy atom. The van der Waals surface area contributed by atoms with Gasteiger partial charge in [-0.25, -0.2) is 4.39 Å². The summed E-state index contributed by atoms with van der Waals surface area (Å²) in [5, 5.41) is 10.6. The summed E-state index contributed by atoms with van der Waals surface area (Å²) in [4.78, 5) is 0. The van der Waals surface area contributed by atoms with Crippen molar-refractivity contribution in [3.05, 3.63) is 70.6 Å². The average Bonchev–Trinajstić information content (AvgIpc) is 2.79. The molecule has 3 aromatic rings. The molecular formula is C17H15ClFNO. The van der Waals surface area contributed by atoms with Crippen LogP contribution >= 0.6 is 11.6 Å². The average molecular weight is 304 g/mol. The van der Waals surface area contributed by atoms with Gasteiger partial charge in [-0.1, -0.05) is 54.1 Å². The van der Waals surface area contributed by atoms with Crippen molar-refractivity contribution in [2.75, 3.05) is 0 Å². The van der Waals surface area contributed by atoms with Crippen LogP contribution < -0.4 is 0 Å². The molecule has 1 heterocycles. The fourth-order valence-corrected chi connectivity index (χ4v) is 2.98. The lowest BCUT2D eigenvalue weighted by molar-refractivity contribution is 0.283. The Morgan fingerprint density at radius 1 is 1.05 bits per heavy atom. The molecule has 0 atom stereocenters. The van der Waals surface area contributed by atoms with E-state index < -0.39 is 0 Å². The molecule has 2 aromatic carbocycles. The van der Waals surface area contributed by atoms with E-state index in [-0.39, 0.29) is 12.4 Å². The second-order valence-electron chi connectivity index (χ2n) is 4.95. The number of fused-ring (bicyclic) bond motifs is 1. The number of halogens is 2. The largest absolute Gasteiger partial charge is 0.392 e. The maximum absolute atomic E-state index is 14.1. The summed E-state index contributed by atoms with van der Waals surface area (Å²) in [6, 6.07) is 14.8. The quantitative estimate of drug-likeness (QED) is 0.769. The molecule has 0 aliphatic heterocycles. The Bertz CT molecular complexity index is 767. The topological polar surface area (TPSA) is 25.2 Å². The second kappa shape index (κ2) is 5.88.